The molecule has 25 heavy (non-hydrogen) atoms. The molecule has 0 spiro atoms. The average molecular weight is 700 g/mol. The largest absolute Gasteiger partial charge is 0.226 e. The third-order valence-electron chi connectivity index (χ3n) is 2.72. The van der Waals surface area contributed by atoms with Gasteiger partial charge in [0.2, 0.25) is 7.59 Å². The molecule has 1 unspecified atom stereocenters. The standard InChI is InChI=1S/C8HCl17/c9-1(10)2(11,4(14,15)7(20,21)22)3(12,13)5(16,17)6(18,19)8(23,24)25/h1H. The van der Waals surface area contributed by atoms with Crippen LogP contribution in [0.15, 0.2) is 0 Å². The minimum atomic E-state index is -2.90. The summed E-state index contributed by atoms with van der Waals surface area (Å²) in [6.45, 7) is 0. The molecule has 0 N–H and O–H groups in total. The predicted molar refractivity (Wildman–Crippen MR) is 122 cm³/mol. The topological polar surface area (TPSA) is 0 Å². The second kappa shape index (κ2) is 9.05. The molecule has 0 saturated carbocycles. The van der Waals surface area contributed by atoms with Crippen LogP contribution in [0.1, 0.15) is 0 Å². The summed E-state index contributed by atoms with van der Waals surface area (Å²) in [5, 5.41) is 0. The first-order chi connectivity index (χ1) is 10.4. The van der Waals surface area contributed by atoms with Crippen molar-refractivity contribution in [1.29, 1.82) is 0 Å². The highest BCUT2D eigenvalue weighted by molar-refractivity contribution is 6.82. The normalized spacial score (nSPS) is 18.5. The minimum Gasteiger partial charge on any atom is -0.109 e. The molecule has 0 saturated heterocycles. The lowest BCUT2D eigenvalue weighted by Crippen LogP contribution is -2.72. The molecular formula is C8HCl17. The molecule has 1 atom stereocenters. The third kappa shape index (κ3) is 4.98. The molecule has 0 nitrogen and oxygen atoms in total. The van der Waals surface area contributed by atoms with Gasteiger partial charge in [-0.15, -0.1) is 34.8 Å². The van der Waals surface area contributed by atoms with Gasteiger partial charge in [0.15, 0.2) is 17.3 Å². The molecule has 0 aliphatic heterocycles. The first-order valence-corrected chi connectivity index (χ1v) is 11.6. The summed E-state index contributed by atoms with van der Waals surface area (Å²) in [6, 6.07) is 0. The monoisotopic (exact) mass is 691 g/mol. The van der Waals surface area contributed by atoms with Gasteiger partial charge in [-0.25, -0.2) is 0 Å². The summed E-state index contributed by atoms with van der Waals surface area (Å²) < 4.78 is -16.4. The van der Waals surface area contributed by atoms with Crippen LogP contribution in [-0.2, 0) is 0 Å². The van der Waals surface area contributed by atoms with E-state index in [1.54, 1.807) is 0 Å². The Balaban J connectivity index is 6.79. The van der Waals surface area contributed by atoms with Crippen LogP contribution in [0.3, 0.4) is 0 Å². The molecule has 0 bridgehead atoms. The van der Waals surface area contributed by atoms with Crippen molar-refractivity contribution in [2.45, 2.75) is 34.6 Å². The number of hydrogen-bond donors (Lipinski definition) is 0. The van der Waals surface area contributed by atoms with Crippen LogP contribution in [0.25, 0.3) is 0 Å². The van der Waals surface area contributed by atoms with Crippen LogP contribution < -0.4 is 0 Å². The van der Waals surface area contributed by atoms with Gasteiger partial charge in [0.1, 0.15) is 9.71 Å². The Labute approximate surface area is 228 Å². The molecule has 17 heteroatoms. The average Bonchev–Trinajstić information content (AvgIpc) is 2.33. The van der Waals surface area contributed by atoms with Crippen LogP contribution in [0, 0.1) is 0 Å². The summed E-state index contributed by atoms with van der Waals surface area (Å²) in [6.07, 6.45) is 0. The van der Waals surface area contributed by atoms with E-state index in [1.807, 2.05) is 0 Å². The van der Waals surface area contributed by atoms with Gasteiger partial charge in [-0.3, -0.25) is 0 Å². The molecule has 0 amide bonds. The SMILES string of the molecule is ClC(Cl)C(Cl)(C(Cl)(Cl)C(Cl)(Cl)Cl)C(Cl)(Cl)C(Cl)(Cl)C(Cl)(Cl)C(Cl)(Cl)Cl. The molecular weight excluding hydrogens is 699 g/mol. The molecule has 152 valence electrons. The number of halogens is 17. The molecule has 0 aliphatic carbocycles. The van der Waals surface area contributed by atoms with Gasteiger partial charge in [0.25, 0.3) is 0 Å². The van der Waals surface area contributed by atoms with Crippen LogP contribution in [-0.4, -0.2) is 34.6 Å². The van der Waals surface area contributed by atoms with Crippen LogP contribution in [0.5, 0.6) is 0 Å². The van der Waals surface area contributed by atoms with Crippen LogP contribution in [0.2, 0.25) is 0 Å². The van der Waals surface area contributed by atoms with E-state index in [9.17, 15) is 0 Å². The summed E-state index contributed by atoms with van der Waals surface area (Å²) >= 11 is 101. The van der Waals surface area contributed by atoms with Crippen LogP contribution in [0.4, 0.5) is 0 Å². The number of alkyl halides is 17. The van der Waals surface area contributed by atoms with Crippen molar-refractivity contribution < 1.29 is 0 Å². The van der Waals surface area contributed by atoms with Gasteiger partial charge in [-0.1, -0.05) is 162 Å². The van der Waals surface area contributed by atoms with Crippen molar-refractivity contribution in [2.75, 3.05) is 0 Å². The van der Waals surface area contributed by atoms with E-state index >= 15 is 0 Å². The quantitative estimate of drug-likeness (QED) is 0.251. The Morgan fingerprint density at radius 2 is 0.640 bits per heavy atom. The maximum atomic E-state index is 6.32. The highest BCUT2D eigenvalue weighted by atomic mass is 35.6. The van der Waals surface area contributed by atoms with Crippen molar-refractivity contribution in [2.24, 2.45) is 0 Å². The van der Waals surface area contributed by atoms with Gasteiger partial charge < -0.3 is 0 Å². The van der Waals surface area contributed by atoms with E-state index in [2.05, 4.69) is 0 Å². The van der Waals surface area contributed by atoms with E-state index in [-0.39, 0.29) is 0 Å². The number of rotatable bonds is 5. The Kier molecular flexibility index (Phi) is 10.8. The fourth-order valence-electron chi connectivity index (χ4n) is 1.28. The van der Waals surface area contributed by atoms with E-state index in [0.717, 1.165) is 0 Å². The second-order valence-electron chi connectivity index (χ2n) is 4.31. The van der Waals surface area contributed by atoms with Crippen molar-refractivity contribution >= 4 is 197 Å². The van der Waals surface area contributed by atoms with Gasteiger partial charge in [-0.05, 0) is 0 Å². The first-order valence-electron chi connectivity index (χ1n) is 5.06. The molecule has 0 rings (SSSR count). The summed E-state index contributed by atoms with van der Waals surface area (Å²) in [5.74, 6) is 0. The van der Waals surface area contributed by atoms with Gasteiger partial charge in [0.05, 0.1) is 0 Å². The Hall–Kier alpha value is 4.93. The van der Waals surface area contributed by atoms with Crippen molar-refractivity contribution in [3.63, 3.8) is 0 Å². The van der Waals surface area contributed by atoms with Gasteiger partial charge >= 0.3 is 0 Å². The third-order valence-corrected chi connectivity index (χ3v) is 13.0. The first kappa shape index (κ1) is 29.9. The van der Waals surface area contributed by atoms with Crippen molar-refractivity contribution in [3.05, 3.63) is 0 Å². The van der Waals surface area contributed by atoms with E-state index in [1.165, 1.54) is 0 Å². The van der Waals surface area contributed by atoms with E-state index in [0.29, 0.717) is 0 Å². The highest BCUT2D eigenvalue weighted by Gasteiger charge is 2.80. The minimum absolute atomic E-state index is 1.88. The van der Waals surface area contributed by atoms with Gasteiger partial charge in [-0.2, -0.15) is 0 Å². The van der Waals surface area contributed by atoms with Crippen molar-refractivity contribution in [3.8, 4) is 0 Å². The van der Waals surface area contributed by atoms with E-state index in [4.69, 9.17) is 197 Å². The van der Waals surface area contributed by atoms with Crippen LogP contribution >= 0.6 is 197 Å². The summed E-state index contributed by atoms with van der Waals surface area (Å²) in [7, 11) is 0. The molecule has 0 heterocycles. The lowest BCUT2D eigenvalue weighted by atomic mass is 9.96. The smallest absolute Gasteiger partial charge is 0.109 e. The van der Waals surface area contributed by atoms with Gasteiger partial charge in [0, 0.05) is 0 Å². The zero-order chi connectivity index (χ0) is 21.1. The molecule has 0 radical (unpaired) electrons. The summed E-state index contributed by atoms with van der Waals surface area (Å²) in [4.78, 5) is -4.64. The molecule has 0 aromatic rings. The lowest BCUT2D eigenvalue weighted by molar-refractivity contribution is 0.419. The molecule has 0 aromatic carbocycles. The highest BCUT2D eigenvalue weighted by Crippen LogP contribution is 2.71. The maximum Gasteiger partial charge on any atom is 0.226 e. The molecule has 0 aliphatic rings. The number of hydrogen-bond acceptors (Lipinski definition) is 0. The fraction of sp³-hybridized carbons (Fsp3) is 1.00. The molecule has 0 fully saturated rings. The Bertz CT molecular complexity index is 480. The maximum absolute atomic E-state index is 6.32. The Morgan fingerprint density at radius 3 is 0.840 bits per heavy atom. The Morgan fingerprint density at radius 1 is 0.360 bits per heavy atom. The zero-order valence-electron chi connectivity index (χ0n) is 10.5. The molecule has 0 aromatic heterocycles. The predicted octanol–water partition coefficient (Wildman–Crippen LogP) is 10.2. The second-order valence-corrected chi connectivity index (χ2v) is 15.9. The lowest BCUT2D eigenvalue weighted by Gasteiger charge is -2.55. The zero-order valence-corrected chi connectivity index (χ0v) is 23.4. The summed E-state index contributed by atoms with van der Waals surface area (Å²) in [5.41, 5.74) is 0. The van der Waals surface area contributed by atoms with E-state index < -0.39 is 34.6 Å². The van der Waals surface area contributed by atoms with Crippen molar-refractivity contribution in [1.82, 2.24) is 0 Å². The fourth-order valence-corrected chi connectivity index (χ4v) is 6.61.